The van der Waals surface area contributed by atoms with Crippen LogP contribution in [0.4, 0.5) is 0 Å². The highest BCUT2D eigenvalue weighted by Crippen LogP contribution is 2.28. The highest BCUT2D eigenvalue weighted by molar-refractivity contribution is 6.08. The van der Waals surface area contributed by atoms with Crippen molar-refractivity contribution in [3.63, 3.8) is 0 Å². The van der Waals surface area contributed by atoms with Gasteiger partial charge in [0.1, 0.15) is 0 Å². The van der Waals surface area contributed by atoms with Crippen LogP contribution in [0.15, 0.2) is 97.3 Å². The summed E-state index contributed by atoms with van der Waals surface area (Å²) in [6.45, 7) is 1.56. The first kappa shape index (κ1) is 18.0. The highest BCUT2D eigenvalue weighted by Gasteiger charge is 2.09. The van der Waals surface area contributed by atoms with Crippen molar-refractivity contribution >= 4 is 43.4 Å². The standard InChI is InChI=1S/C28H21N3/c1-3-11-23-19(7-1)17-30-25-13-5-9-21(27(23)25)15-29-16-22-10-6-14-26-28(22)24-12-4-2-8-20(24)18-31-26/h1-14,17-18,29H,15-16H2. The third-order valence-electron chi connectivity index (χ3n) is 6.03. The van der Waals surface area contributed by atoms with Crippen LogP contribution >= 0.6 is 0 Å². The molecule has 1 N–H and O–H groups in total. The molecule has 3 heteroatoms. The first-order chi connectivity index (χ1) is 15.4. The van der Waals surface area contributed by atoms with Crippen molar-refractivity contribution in [1.29, 1.82) is 0 Å². The van der Waals surface area contributed by atoms with Gasteiger partial charge in [0.25, 0.3) is 0 Å². The molecule has 0 bridgehead atoms. The van der Waals surface area contributed by atoms with Crippen LogP contribution in [0, 0.1) is 0 Å². The van der Waals surface area contributed by atoms with Gasteiger partial charge in [-0.3, -0.25) is 9.97 Å². The average Bonchev–Trinajstić information content (AvgIpc) is 2.84. The lowest BCUT2D eigenvalue weighted by molar-refractivity contribution is 0.700. The lowest BCUT2D eigenvalue weighted by Gasteiger charge is -2.12. The van der Waals surface area contributed by atoms with Crippen molar-refractivity contribution in [1.82, 2.24) is 15.3 Å². The molecule has 0 aliphatic rings. The molecular formula is C28H21N3. The number of fused-ring (bicyclic) bond motifs is 6. The summed E-state index contributed by atoms with van der Waals surface area (Å²) in [6.07, 6.45) is 3.92. The molecule has 0 amide bonds. The number of pyridine rings is 2. The first-order valence-corrected chi connectivity index (χ1v) is 10.6. The maximum absolute atomic E-state index is 4.68. The molecule has 0 spiro atoms. The molecule has 0 saturated heterocycles. The van der Waals surface area contributed by atoms with Gasteiger partial charge in [-0.05, 0) is 34.0 Å². The van der Waals surface area contributed by atoms with Gasteiger partial charge in [-0.25, -0.2) is 0 Å². The van der Waals surface area contributed by atoms with Gasteiger partial charge in [0.2, 0.25) is 0 Å². The second kappa shape index (κ2) is 7.46. The Labute approximate surface area is 180 Å². The molecule has 0 aliphatic heterocycles. The van der Waals surface area contributed by atoms with Crippen molar-refractivity contribution in [3.8, 4) is 0 Å². The van der Waals surface area contributed by atoms with Crippen molar-refractivity contribution in [3.05, 3.63) is 108 Å². The molecule has 0 fully saturated rings. The Kier molecular flexibility index (Phi) is 4.33. The van der Waals surface area contributed by atoms with Gasteiger partial charge in [-0.2, -0.15) is 0 Å². The molecule has 3 nitrogen and oxygen atoms in total. The van der Waals surface area contributed by atoms with Crippen molar-refractivity contribution < 1.29 is 0 Å². The zero-order chi connectivity index (χ0) is 20.6. The van der Waals surface area contributed by atoms with Crippen LogP contribution in [0.5, 0.6) is 0 Å². The van der Waals surface area contributed by atoms with E-state index >= 15 is 0 Å². The predicted octanol–water partition coefficient (Wildman–Crippen LogP) is 6.38. The molecular weight excluding hydrogens is 378 g/mol. The van der Waals surface area contributed by atoms with Gasteiger partial charge in [0, 0.05) is 47.0 Å². The largest absolute Gasteiger partial charge is 0.309 e. The van der Waals surface area contributed by atoms with Gasteiger partial charge in [-0.15, -0.1) is 0 Å². The van der Waals surface area contributed by atoms with Crippen molar-refractivity contribution in [2.24, 2.45) is 0 Å². The van der Waals surface area contributed by atoms with Crippen LogP contribution in [0.25, 0.3) is 43.4 Å². The molecule has 2 aromatic heterocycles. The summed E-state index contributed by atoms with van der Waals surface area (Å²) in [5.41, 5.74) is 4.62. The molecule has 0 saturated carbocycles. The Morgan fingerprint density at radius 1 is 0.516 bits per heavy atom. The fourth-order valence-electron chi connectivity index (χ4n) is 4.59. The number of rotatable bonds is 4. The molecule has 6 aromatic rings. The molecule has 148 valence electrons. The van der Waals surface area contributed by atoms with E-state index < -0.39 is 0 Å². The Morgan fingerprint density at radius 3 is 1.52 bits per heavy atom. The zero-order valence-electron chi connectivity index (χ0n) is 17.0. The third kappa shape index (κ3) is 3.11. The summed E-state index contributed by atoms with van der Waals surface area (Å²) in [7, 11) is 0. The minimum atomic E-state index is 0.779. The predicted molar refractivity (Wildman–Crippen MR) is 129 cm³/mol. The Morgan fingerprint density at radius 2 is 1.00 bits per heavy atom. The summed E-state index contributed by atoms with van der Waals surface area (Å²) in [6, 6.07) is 29.7. The SMILES string of the molecule is c1ccc2c(c1)cnc1cccc(CNCc3cccc4ncc5ccccc5c34)c12. The molecule has 6 rings (SSSR count). The number of nitrogens with one attached hydrogen (secondary N) is 1. The van der Waals surface area contributed by atoms with E-state index in [1.165, 1.54) is 43.4 Å². The summed E-state index contributed by atoms with van der Waals surface area (Å²) in [5, 5.41) is 11.0. The Hall–Kier alpha value is -3.82. The number of nitrogens with zero attached hydrogens (tertiary/aromatic N) is 2. The van der Waals surface area contributed by atoms with Crippen LogP contribution in [0.3, 0.4) is 0 Å². The van der Waals surface area contributed by atoms with E-state index in [4.69, 9.17) is 0 Å². The van der Waals surface area contributed by atoms with Crippen molar-refractivity contribution in [2.75, 3.05) is 0 Å². The van der Waals surface area contributed by atoms with Gasteiger partial charge < -0.3 is 5.32 Å². The summed E-state index contributed by atoms with van der Waals surface area (Å²) < 4.78 is 0. The Balaban J connectivity index is 1.37. The van der Waals surface area contributed by atoms with Crippen LogP contribution in [0.1, 0.15) is 11.1 Å². The summed E-state index contributed by atoms with van der Waals surface area (Å²) >= 11 is 0. The van der Waals surface area contributed by atoms with Crippen LogP contribution in [-0.4, -0.2) is 9.97 Å². The second-order valence-electron chi connectivity index (χ2n) is 7.92. The van der Waals surface area contributed by atoms with Gasteiger partial charge in [0.05, 0.1) is 11.0 Å². The molecule has 0 radical (unpaired) electrons. The minimum Gasteiger partial charge on any atom is -0.309 e. The van der Waals surface area contributed by atoms with E-state index in [-0.39, 0.29) is 0 Å². The lowest BCUT2D eigenvalue weighted by atomic mass is 10.0. The van der Waals surface area contributed by atoms with Gasteiger partial charge >= 0.3 is 0 Å². The molecule has 4 aromatic carbocycles. The normalized spacial score (nSPS) is 11.6. The number of hydrogen-bond donors (Lipinski definition) is 1. The molecule has 0 aliphatic carbocycles. The van der Waals surface area contributed by atoms with Crippen LogP contribution in [-0.2, 0) is 13.1 Å². The van der Waals surface area contributed by atoms with Crippen LogP contribution < -0.4 is 5.32 Å². The summed E-state index contributed by atoms with van der Waals surface area (Å²) in [5.74, 6) is 0. The average molecular weight is 399 g/mol. The van der Waals surface area contributed by atoms with E-state index in [1.807, 2.05) is 12.4 Å². The maximum atomic E-state index is 4.68. The fraction of sp³-hybridized carbons (Fsp3) is 0.0714. The molecule has 0 unspecified atom stereocenters. The van der Waals surface area contributed by atoms with E-state index in [1.54, 1.807) is 0 Å². The van der Waals surface area contributed by atoms with E-state index in [9.17, 15) is 0 Å². The number of aromatic nitrogens is 2. The maximum Gasteiger partial charge on any atom is 0.0711 e. The summed E-state index contributed by atoms with van der Waals surface area (Å²) in [4.78, 5) is 9.35. The molecule has 2 heterocycles. The molecule has 0 atom stereocenters. The van der Waals surface area contributed by atoms with Crippen LogP contribution in [0.2, 0.25) is 0 Å². The fourth-order valence-corrected chi connectivity index (χ4v) is 4.59. The Bertz CT molecular complexity index is 1450. The van der Waals surface area contributed by atoms with Gasteiger partial charge in [-0.1, -0.05) is 72.8 Å². The van der Waals surface area contributed by atoms with E-state index in [0.29, 0.717) is 0 Å². The first-order valence-electron chi connectivity index (χ1n) is 10.6. The minimum absolute atomic E-state index is 0.779. The van der Waals surface area contributed by atoms with E-state index in [0.717, 1.165) is 24.1 Å². The monoisotopic (exact) mass is 399 g/mol. The third-order valence-corrected chi connectivity index (χ3v) is 6.03. The lowest BCUT2D eigenvalue weighted by Crippen LogP contribution is -2.13. The van der Waals surface area contributed by atoms with Crippen molar-refractivity contribution in [2.45, 2.75) is 13.1 Å². The van der Waals surface area contributed by atoms with Gasteiger partial charge in [0.15, 0.2) is 0 Å². The number of hydrogen-bond acceptors (Lipinski definition) is 3. The quantitative estimate of drug-likeness (QED) is 0.350. The highest BCUT2D eigenvalue weighted by atomic mass is 14.8. The number of benzene rings is 4. The zero-order valence-corrected chi connectivity index (χ0v) is 17.0. The topological polar surface area (TPSA) is 37.8 Å². The second-order valence-corrected chi connectivity index (χ2v) is 7.92. The van der Waals surface area contributed by atoms with E-state index in [2.05, 4.69) is 100 Å². The smallest absolute Gasteiger partial charge is 0.0711 e. The molecule has 31 heavy (non-hydrogen) atoms.